The lowest BCUT2D eigenvalue weighted by Crippen LogP contribution is -1.82. The Hall–Kier alpha value is -1.02. The van der Waals surface area contributed by atoms with Crippen LogP contribution in [0.1, 0.15) is 5.56 Å². The molecule has 1 heterocycles. The third-order valence-electron chi connectivity index (χ3n) is 1.83. The van der Waals surface area contributed by atoms with Crippen molar-refractivity contribution in [3.05, 3.63) is 42.1 Å². The average molecular weight is 175 g/mol. The Morgan fingerprint density at radius 1 is 1.25 bits per heavy atom. The molecule has 1 aromatic carbocycles. The predicted octanol–water partition coefficient (Wildman–Crippen LogP) is 2.66. The maximum Gasteiger partial charge on any atom is 0.0702 e. The predicted molar refractivity (Wildman–Crippen MR) is 54.4 cm³/mol. The average Bonchev–Trinajstić information content (AvgIpc) is 2.17. The van der Waals surface area contributed by atoms with Crippen molar-refractivity contribution in [3.8, 4) is 0 Å². The molecule has 0 fully saturated rings. The van der Waals surface area contributed by atoms with Crippen LogP contribution in [0.3, 0.4) is 0 Å². The minimum absolute atomic E-state index is 0.748. The molecule has 0 unspecified atom stereocenters. The number of thiol groups is 1. The summed E-state index contributed by atoms with van der Waals surface area (Å²) in [5, 5.41) is 1.18. The lowest BCUT2D eigenvalue weighted by Gasteiger charge is -1.98. The Morgan fingerprint density at radius 3 is 2.92 bits per heavy atom. The molecule has 0 aliphatic heterocycles. The van der Waals surface area contributed by atoms with Crippen LogP contribution in [0.25, 0.3) is 10.9 Å². The first kappa shape index (κ1) is 7.62. The summed E-state index contributed by atoms with van der Waals surface area (Å²) in [7, 11) is 0. The van der Waals surface area contributed by atoms with E-state index >= 15 is 0 Å². The molecule has 0 aliphatic carbocycles. The van der Waals surface area contributed by atoms with Gasteiger partial charge in [-0.15, -0.1) is 0 Å². The molecule has 0 bridgehead atoms. The molecule has 2 heteroatoms. The van der Waals surface area contributed by atoms with E-state index in [2.05, 4.69) is 29.7 Å². The summed E-state index contributed by atoms with van der Waals surface area (Å²) in [6, 6.07) is 10.2. The summed E-state index contributed by atoms with van der Waals surface area (Å²) in [6.07, 6.45) is 1.87. The third kappa shape index (κ3) is 1.30. The SMILES string of the molecule is SCc1cnc2ccccc2c1. The first-order chi connectivity index (χ1) is 5.90. The second-order valence-electron chi connectivity index (χ2n) is 2.69. The fraction of sp³-hybridized carbons (Fsp3) is 0.100. The molecular weight excluding hydrogens is 166 g/mol. The minimum atomic E-state index is 0.748. The van der Waals surface area contributed by atoms with Gasteiger partial charge >= 0.3 is 0 Å². The van der Waals surface area contributed by atoms with Crippen LogP contribution >= 0.6 is 12.6 Å². The van der Waals surface area contributed by atoms with E-state index in [0.717, 1.165) is 16.8 Å². The maximum atomic E-state index is 4.30. The van der Waals surface area contributed by atoms with Gasteiger partial charge in [-0.05, 0) is 17.7 Å². The monoisotopic (exact) mass is 175 g/mol. The number of nitrogens with zero attached hydrogens (tertiary/aromatic N) is 1. The van der Waals surface area contributed by atoms with Crippen LogP contribution in [-0.4, -0.2) is 4.98 Å². The molecule has 12 heavy (non-hydrogen) atoms. The van der Waals surface area contributed by atoms with E-state index in [9.17, 15) is 0 Å². The number of pyridine rings is 1. The largest absolute Gasteiger partial charge is 0.256 e. The summed E-state index contributed by atoms with van der Waals surface area (Å²) in [5.41, 5.74) is 2.21. The van der Waals surface area contributed by atoms with Gasteiger partial charge in [0.1, 0.15) is 0 Å². The van der Waals surface area contributed by atoms with Crippen LogP contribution in [0.2, 0.25) is 0 Å². The number of hydrogen-bond donors (Lipinski definition) is 1. The standard InChI is InChI=1S/C10H9NS/c12-7-8-5-9-3-1-2-4-10(9)11-6-8/h1-6,12H,7H2. The molecule has 2 rings (SSSR count). The Kier molecular flexibility index (Phi) is 2.00. The zero-order chi connectivity index (χ0) is 8.39. The second kappa shape index (κ2) is 3.15. The van der Waals surface area contributed by atoms with Crippen molar-refractivity contribution in [3.63, 3.8) is 0 Å². The highest BCUT2D eigenvalue weighted by Gasteiger charge is 1.93. The van der Waals surface area contributed by atoms with Gasteiger partial charge in [0.15, 0.2) is 0 Å². The van der Waals surface area contributed by atoms with E-state index in [1.165, 1.54) is 5.39 Å². The van der Waals surface area contributed by atoms with E-state index in [-0.39, 0.29) is 0 Å². The molecule has 1 nitrogen and oxygen atoms in total. The highest BCUT2D eigenvalue weighted by molar-refractivity contribution is 7.79. The highest BCUT2D eigenvalue weighted by Crippen LogP contribution is 2.13. The Morgan fingerprint density at radius 2 is 2.08 bits per heavy atom. The molecule has 0 amide bonds. The van der Waals surface area contributed by atoms with Gasteiger partial charge in [-0.25, -0.2) is 0 Å². The molecule has 0 spiro atoms. The fourth-order valence-electron chi connectivity index (χ4n) is 1.20. The van der Waals surface area contributed by atoms with Crippen molar-refractivity contribution in [2.45, 2.75) is 5.75 Å². The van der Waals surface area contributed by atoms with E-state index in [4.69, 9.17) is 0 Å². The number of fused-ring (bicyclic) bond motifs is 1. The van der Waals surface area contributed by atoms with Gasteiger partial charge in [0.2, 0.25) is 0 Å². The zero-order valence-corrected chi connectivity index (χ0v) is 7.46. The molecule has 0 atom stereocenters. The Bertz CT molecular complexity index is 398. The number of para-hydroxylation sites is 1. The van der Waals surface area contributed by atoms with Gasteiger partial charge in [0, 0.05) is 17.3 Å². The fourth-order valence-corrected chi connectivity index (χ4v) is 1.38. The van der Waals surface area contributed by atoms with Gasteiger partial charge in [-0.2, -0.15) is 12.6 Å². The van der Waals surface area contributed by atoms with E-state index < -0.39 is 0 Å². The molecule has 2 aromatic rings. The topological polar surface area (TPSA) is 12.9 Å². The van der Waals surface area contributed by atoms with Crippen LogP contribution in [-0.2, 0) is 5.75 Å². The van der Waals surface area contributed by atoms with Crippen LogP contribution in [0.4, 0.5) is 0 Å². The van der Waals surface area contributed by atoms with Gasteiger partial charge in [-0.1, -0.05) is 18.2 Å². The quantitative estimate of drug-likeness (QED) is 0.657. The number of rotatable bonds is 1. The zero-order valence-electron chi connectivity index (χ0n) is 6.57. The molecule has 0 saturated carbocycles. The highest BCUT2D eigenvalue weighted by atomic mass is 32.1. The Labute approximate surface area is 76.9 Å². The van der Waals surface area contributed by atoms with Crippen molar-refractivity contribution < 1.29 is 0 Å². The number of aromatic nitrogens is 1. The summed E-state index contributed by atoms with van der Waals surface area (Å²) in [5.74, 6) is 0.748. The lowest BCUT2D eigenvalue weighted by molar-refractivity contribution is 1.31. The summed E-state index contributed by atoms with van der Waals surface area (Å²) >= 11 is 4.20. The maximum absolute atomic E-state index is 4.30. The van der Waals surface area contributed by atoms with E-state index in [1.54, 1.807) is 0 Å². The van der Waals surface area contributed by atoms with Crippen LogP contribution in [0.15, 0.2) is 36.5 Å². The molecule has 0 radical (unpaired) electrons. The smallest absolute Gasteiger partial charge is 0.0702 e. The minimum Gasteiger partial charge on any atom is -0.256 e. The van der Waals surface area contributed by atoms with Crippen molar-refractivity contribution in [2.75, 3.05) is 0 Å². The molecule has 0 aliphatic rings. The summed E-state index contributed by atoms with van der Waals surface area (Å²) < 4.78 is 0. The molecular formula is C10H9NS. The van der Waals surface area contributed by atoms with E-state index in [0.29, 0.717) is 0 Å². The first-order valence-corrected chi connectivity index (χ1v) is 4.48. The van der Waals surface area contributed by atoms with E-state index in [1.807, 2.05) is 24.4 Å². The normalized spacial score (nSPS) is 10.4. The summed E-state index contributed by atoms with van der Waals surface area (Å²) in [4.78, 5) is 4.30. The van der Waals surface area contributed by atoms with Crippen LogP contribution in [0, 0.1) is 0 Å². The second-order valence-corrected chi connectivity index (χ2v) is 3.01. The van der Waals surface area contributed by atoms with Gasteiger partial charge in [0.05, 0.1) is 5.52 Å². The molecule has 60 valence electrons. The molecule has 1 aromatic heterocycles. The third-order valence-corrected chi connectivity index (χ3v) is 2.19. The van der Waals surface area contributed by atoms with Gasteiger partial charge in [0.25, 0.3) is 0 Å². The van der Waals surface area contributed by atoms with Gasteiger partial charge in [-0.3, -0.25) is 4.98 Å². The number of benzene rings is 1. The number of hydrogen-bond acceptors (Lipinski definition) is 2. The van der Waals surface area contributed by atoms with Crippen molar-refractivity contribution in [1.29, 1.82) is 0 Å². The van der Waals surface area contributed by atoms with Crippen molar-refractivity contribution in [1.82, 2.24) is 4.98 Å². The molecule has 0 N–H and O–H groups in total. The van der Waals surface area contributed by atoms with Crippen molar-refractivity contribution >= 4 is 23.5 Å². The molecule has 0 saturated heterocycles. The lowest BCUT2D eigenvalue weighted by atomic mass is 10.2. The Balaban J connectivity index is 2.67. The van der Waals surface area contributed by atoms with Gasteiger partial charge < -0.3 is 0 Å². The van der Waals surface area contributed by atoms with Crippen LogP contribution < -0.4 is 0 Å². The van der Waals surface area contributed by atoms with Crippen LogP contribution in [0.5, 0.6) is 0 Å². The summed E-state index contributed by atoms with van der Waals surface area (Å²) in [6.45, 7) is 0. The first-order valence-electron chi connectivity index (χ1n) is 3.84. The van der Waals surface area contributed by atoms with Crippen molar-refractivity contribution in [2.24, 2.45) is 0 Å².